The number of hydrogen-bond donors (Lipinski definition) is 2. The minimum absolute atomic E-state index is 0.0391. The number of carbonyl (C=O) groups excluding carboxylic acids is 1. The first-order valence-electron chi connectivity index (χ1n) is 10.9. The van der Waals surface area contributed by atoms with Gasteiger partial charge in [-0.2, -0.15) is 5.26 Å². The molecule has 8 nitrogen and oxygen atoms in total. The number of anilines is 1. The predicted molar refractivity (Wildman–Crippen MR) is 114 cm³/mol. The van der Waals surface area contributed by atoms with Crippen molar-refractivity contribution in [3.05, 3.63) is 52.2 Å². The maximum Gasteiger partial charge on any atom is 0.266 e. The number of hydrogen-bond acceptors (Lipinski definition) is 7. The molecule has 2 heterocycles. The highest BCUT2D eigenvalue weighted by atomic mass is 19.3. The summed E-state index contributed by atoms with van der Waals surface area (Å²) in [5.74, 6) is -0.796. The lowest BCUT2D eigenvalue weighted by Gasteiger charge is -2.23. The molecule has 1 unspecified atom stereocenters. The van der Waals surface area contributed by atoms with Crippen molar-refractivity contribution < 1.29 is 27.4 Å². The summed E-state index contributed by atoms with van der Waals surface area (Å²) in [6.07, 6.45) is -2.77. The van der Waals surface area contributed by atoms with Gasteiger partial charge in [-0.1, -0.05) is 18.2 Å². The summed E-state index contributed by atoms with van der Waals surface area (Å²) < 4.78 is 52.3. The van der Waals surface area contributed by atoms with E-state index in [2.05, 4.69) is 26.7 Å². The summed E-state index contributed by atoms with van der Waals surface area (Å²) in [7, 11) is 0. The lowest BCUT2D eigenvalue weighted by molar-refractivity contribution is -0.121. The summed E-state index contributed by atoms with van der Waals surface area (Å²) in [5.41, 5.74) is -0.768. The molecule has 2 N–H and O–H groups in total. The third-order valence-electron chi connectivity index (χ3n) is 5.78. The first-order chi connectivity index (χ1) is 16.2. The second-order valence-electron chi connectivity index (χ2n) is 8.39. The molecule has 2 aliphatic rings. The number of nitriles is 1. The Kier molecular flexibility index (Phi) is 6.72. The molecule has 0 bridgehead atoms. The highest BCUT2D eigenvalue weighted by Gasteiger charge is 2.44. The molecule has 1 atom stereocenters. The first kappa shape index (κ1) is 23.9. The van der Waals surface area contributed by atoms with E-state index in [0.29, 0.717) is 43.1 Å². The molecule has 0 spiro atoms. The van der Waals surface area contributed by atoms with E-state index >= 15 is 0 Å². The molecule has 11 heteroatoms. The lowest BCUT2D eigenvalue weighted by atomic mass is 10.0. The Balaban J connectivity index is 1.66. The van der Waals surface area contributed by atoms with Gasteiger partial charge in [-0.15, -0.1) is 0 Å². The largest absolute Gasteiger partial charge is 0.363 e. The van der Waals surface area contributed by atoms with Crippen molar-refractivity contribution in [1.29, 1.82) is 5.26 Å². The summed E-state index contributed by atoms with van der Waals surface area (Å²) in [5, 5.41) is 15.0. The van der Waals surface area contributed by atoms with Crippen molar-refractivity contribution in [2.75, 3.05) is 18.5 Å². The minimum Gasteiger partial charge on any atom is -0.363 e. The Morgan fingerprint density at radius 2 is 1.94 bits per heavy atom. The Labute approximate surface area is 194 Å². The molecule has 0 radical (unpaired) electrons. The second kappa shape index (κ2) is 9.56. The van der Waals surface area contributed by atoms with Gasteiger partial charge < -0.3 is 20.1 Å². The fraction of sp³-hybridized carbons (Fsp3) is 0.478. The molecule has 2 aromatic rings. The zero-order chi connectivity index (χ0) is 24.5. The van der Waals surface area contributed by atoms with Gasteiger partial charge in [0.05, 0.1) is 48.6 Å². The van der Waals surface area contributed by atoms with Crippen LogP contribution in [0, 0.1) is 24.1 Å². The number of ether oxygens (including phenoxy) is 2. The minimum atomic E-state index is -2.95. The smallest absolute Gasteiger partial charge is 0.266 e. The SMILES string of the molecule is Cc1nc(CC(=O)NC2(C#N)CC2)c(C2OCCO2)c(NC(C)c2cccc(C(F)F)c2F)n1. The second-order valence-corrected chi connectivity index (χ2v) is 8.39. The van der Waals surface area contributed by atoms with Crippen LogP contribution in [0.1, 0.15) is 66.7 Å². The molecule has 1 aliphatic carbocycles. The number of aryl methyl sites for hydroxylation is 1. The Hall–Kier alpha value is -3.23. The van der Waals surface area contributed by atoms with Gasteiger partial charge in [0.1, 0.15) is 23.0 Å². The van der Waals surface area contributed by atoms with Gasteiger partial charge >= 0.3 is 0 Å². The zero-order valence-electron chi connectivity index (χ0n) is 18.7. The van der Waals surface area contributed by atoms with Crippen molar-refractivity contribution in [3.63, 3.8) is 0 Å². The number of carbonyl (C=O) groups is 1. The van der Waals surface area contributed by atoms with Gasteiger partial charge in [-0.05, 0) is 26.7 Å². The van der Waals surface area contributed by atoms with Gasteiger partial charge in [0, 0.05) is 5.56 Å². The van der Waals surface area contributed by atoms with Crippen molar-refractivity contribution in [1.82, 2.24) is 15.3 Å². The van der Waals surface area contributed by atoms with E-state index in [-0.39, 0.29) is 23.7 Å². The molecular formula is C23H24F3N5O3. The highest BCUT2D eigenvalue weighted by molar-refractivity contribution is 5.80. The van der Waals surface area contributed by atoms with E-state index in [0.717, 1.165) is 6.07 Å². The third kappa shape index (κ3) is 4.98. The molecule has 4 rings (SSSR count). The van der Waals surface area contributed by atoms with Crippen LogP contribution in [-0.2, 0) is 20.7 Å². The molecule has 1 amide bonds. The average Bonchev–Trinajstić information content (AvgIpc) is 3.33. The zero-order valence-corrected chi connectivity index (χ0v) is 18.7. The number of alkyl halides is 2. The van der Waals surface area contributed by atoms with Gasteiger partial charge in [0.25, 0.3) is 6.43 Å². The molecule has 180 valence electrons. The van der Waals surface area contributed by atoms with E-state index in [9.17, 15) is 23.2 Å². The van der Waals surface area contributed by atoms with Gasteiger partial charge in [0.2, 0.25) is 5.91 Å². The molecular weight excluding hydrogens is 451 g/mol. The Bertz CT molecular complexity index is 1130. The number of aromatic nitrogens is 2. The fourth-order valence-electron chi connectivity index (χ4n) is 3.86. The monoisotopic (exact) mass is 475 g/mol. The standard InChI is InChI=1S/C23H24F3N5O3/c1-12(14-4-3-5-15(19(14)24)20(25)26)28-21-18(22-33-8-9-34-22)16(29-13(2)30-21)10-17(32)31-23(11-27)6-7-23/h3-5,12,20,22H,6-10H2,1-2H3,(H,31,32)(H,28,29,30). The highest BCUT2D eigenvalue weighted by Crippen LogP contribution is 2.36. The average molecular weight is 475 g/mol. The van der Waals surface area contributed by atoms with Gasteiger partial charge in [-0.25, -0.2) is 23.1 Å². The van der Waals surface area contributed by atoms with Crippen LogP contribution in [0.25, 0.3) is 0 Å². The lowest BCUT2D eigenvalue weighted by Crippen LogP contribution is -2.37. The van der Waals surface area contributed by atoms with Crippen molar-refractivity contribution >= 4 is 11.7 Å². The van der Waals surface area contributed by atoms with Crippen LogP contribution in [0.3, 0.4) is 0 Å². The Morgan fingerprint density at radius 1 is 1.26 bits per heavy atom. The number of halogens is 3. The van der Waals surface area contributed by atoms with Crippen LogP contribution in [0.4, 0.5) is 19.0 Å². The van der Waals surface area contributed by atoms with Crippen LogP contribution in [0.2, 0.25) is 0 Å². The van der Waals surface area contributed by atoms with E-state index in [4.69, 9.17) is 9.47 Å². The van der Waals surface area contributed by atoms with Crippen LogP contribution in [0.5, 0.6) is 0 Å². The van der Waals surface area contributed by atoms with Gasteiger partial charge in [0.15, 0.2) is 6.29 Å². The van der Waals surface area contributed by atoms with E-state index in [1.165, 1.54) is 12.1 Å². The van der Waals surface area contributed by atoms with Crippen molar-refractivity contribution in [2.45, 2.75) is 57.4 Å². The molecule has 2 fully saturated rings. The molecule has 1 aromatic carbocycles. The normalized spacial score (nSPS) is 17.9. The quantitative estimate of drug-likeness (QED) is 0.598. The van der Waals surface area contributed by atoms with Gasteiger partial charge in [-0.3, -0.25) is 4.79 Å². The fourth-order valence-corrected chi connectivity index (χ4v) is 3.86. The third-order valence-corrected chi connectivity index (χ3v) is 5.78. The van der Waals surface area contributed by atoms with Crippen LogP contribution < -0.4 is 10.6 Å². The topological polar surface area (TPSA) is 109 Å². The van der Waals surface area contributed by atoms with Crippen molar-refractivity contribution in [3.8, 4) is 6.07 Å². The first-order valence-corrected chi connectivity index (χ1v) is 10.9. The van der Waals surface area contributed by atoms with E-state index < -0.39 is 35.7 Å². The van der Waals surface area contributed by atoms with Crippen molar-refractivity contribution in [2.24, 2.45) is 0 Å². The van der Waals surface area contributed by atoms with Crippen LogP contribution >= 0.6 is 0 Å². The van der Waals surface area contributed by atoms with Crippen LogP contribution in [-0.4, -0.2) is 34.6 Å². The molecule has 1 aromatic heterocycles. The summed E-state index contributed by atoms with van der Waals surface area (Å²) in [6, 6.07) is 5.19. The maximum atomic E-state index is 14.7. The van der Waals surface area contributed by atoms with Crippen LogP contribution in [0.15, 0.2) is 18.2 Å². The molecule has 1 saturated heterocycles. The molecule has 1 aliphatic heterocycles. The molecule has 1 saturated carbocycles. The summed E-state index contributed by atoms with van der Waals surface area (Å²) in [4.78, 5) is 21.5. The number of nitrogens with one attached hydrogen (secondary N) is 2. The Morgan fingerprint density at radius 3 is 2.56 bits per heavy atom. The predicted octanol–water partition coefficient (Wildman–Crippen LogP) is 3.80. The maximum absolute atomic E-state index is 14.7. The van der Waals surface area contributed by atoms with E-state index in [1.807, 2.05) is 0 Å². The van der Waals surface area contributed by atoms with E-state index in [1.54, 1.807) is 13.8 Å². The number of benzene rings is 1. The summed E-state index contributed by atoms with van der Waals surface area (Å²) in [6.45, 7) is 3.89. The number of amides is 1. The number of nitrogens with zero attached hydrogens (tertiary/aromatic N) is 3. The molecule has 34 heavy (non-hydrogen) atoms. The number of rotatable bonds is 8. The summed E-state index contributed by atoms with van der Waals surface area (Å²) >= 11 is 0.